The van der Waals surface area contributed by atoms with Crippen molar-refractivity contribution in [3.05, 3.63) is 12.2 Å². The van der Waals surface area contributed by atoms with Crippen LogP contribution in [0.4, 0.5) is 0 Å². The maximum absolute atomic E-state index is 12.1. The van der Waals surface area contributed by atoms with Crippen LogP contribution in [-0.2, 0) is 4.79 Å². The molecule has 0 aromatic heterocycles. The van der Waals surface area contributed by atoms with Crippen LogP contribution in [0.5, 0.6) is 0 Å². The van der Waals surface area contributed by atoms with Crippen LogP contribution in [0.15, 0.2) is 12.2 Å². The Balaban J connectivity index is 1.67. The largest absolute Gasteiger partial charge is 0.396 e. The molecule has 0 aromatic rings. The average molecular weight is 344 g/mol. The zero-order valence-corrected chi connectivity index (χ0v) is 15.9. The topological polar surface area (TPSA) is 61.1 Å². The SMILES string of the molecule is C[C@H](CO)[C@H]1CC[C@H]2[C@@H]3C=CC4C(=N)C(=O)CC[C@]4(C)[C@H]3CC[C@]12C. The van der Waals surface area contributed by atoms with Gasteiger partial charge in [0.2, 0.25) is 0 Å². The Morgan fingerprint density at radius 1 is 1.16 bits per heavy atom. The molecule has 3 heteroatoms. The molecule has 0 amide bonds. The summed E-state index contributed by atoms with van der Waals surface area (Å²) >= 11 is 0. The van der Waals surface area contributed by atoms with Crippen LogP contribution >= 0.6 is 0 Å². The third-order valence-electron chi connectivity index (χ3n) is 8.97. The lowest BCUT2D eigenvalue weighted by molar-refractivity contribution is -0.117. The Bertz CT molecular complexity index is 626. The molecule has 0 heterocycles. The van der Waals surface area contributed by atoms with E-state index in [-0.39, 0.29) is 17.1 Å². The minimum absolute atomic E-state index is 0.0351. The summed E-state index contributed by atoms with van der Waals surface area (Å²) in [4.78, 5) is 12.1. The van der Waals surface area contributed by atoms with Gasteiger partial charge in [0, 0.05) is 18.9 Å². The van der Waals surface area contributed by atoms with Crippen LogP contribution in [0.25, 0.3) is 0 Å². The van der Waals surface area contributed by atoms with Crippen LogP contribution in [-0.4, -0.2) is 23.2 Å². The van der Waals surface area contributed by atoms with Crippen molar-refractivity contribution in [2.24, 2.45) is 46.3 Å². The number of carbonyl (C=O) groups excluding carboxylic acids is 1. The molecule has 3 nitrogen and oxygen atoms in total. The van der Waals surface area contributed by atoms with E-state index < -0.39 is 0 Å². The van der Waals surface area contributed by atoms with Crippen LogP contribution in [0, 0.1) is 51.7 Å². The number of aliphatic hydroxyl groups excluding tert-OH is 1. The summed E-state index contributed by atoms with van der Waals surface area (Å²) < 4.78 is 0. The lowest BCUT2D eigenvalue weighted by atomic mass is 9.46. The number of allylic oxidation sites excluding steroid dienone is 2. The maximum atomic E-state index is 12.1. The first-order valence-electron chi connectivity index (χ1n) is 10.2. The summed E-state index contributed by atoms with van der Waals surface area (Å²) in [5.74, 6) is 3.02. The van der Waals surface area contributed by atoms with Gasteiger partial charge in [-0.15, -0.1) is 0 Å². The van der Waals surface area contributed by atoms with E-state index in [1.54, 1.807) is 0 Å². The number of nitrogens with one attached hydrogen (secondary N) is 1. The van der Waals surface area contributed by atoms with Gasteiger partial charge >= 0.3 is 0 Å². The fourth-order valence-electron chi connectivity index (χ4n) is 7.48. The Morgan fingerprint density at radius 2 is 1.88 bits per heavy atom. The van der Waals surface area contributed by atoms with Gasteiger partial charge in [0.25, 0.3) is 0 Å². The molecule has 1 unspecified atom stereocenters. The van der Waals surface area contributed by atoms with Gasteiger partial charge in [-0.3, -0.25) is 4.79 Å². The van der Waals surface area contributed by atoms with Crippen molar-refractivity contribution in [1.82, 2.24) is 0 Å². The van der Waals surface area contributed by atoms with Crippen molar-refractivity contribution in [2.75, 3.05) is 6.61 Å². The van der Waals surface area contributed by atoms with Gasteiger partial charge in [-0.2, -0.15) is 0 Å². The highest BCUT2D eigenvalue weighted by Gasteiger charge is 2.60. The van der Waals surface area contributed by atoms with Gasteiger partial charge in [0.1, 0.15) is 0 Å². The van der Waals surface area contributed by atoms with Crippen molar-refractivity contribution < 1.29 is 9.90 Å². The molecule has 3 saturated carbocycles. The van der Waals surface area contributed by atoms with Gasteiger partial charge in [0.15, 0.2) is 5.78 Å². The number of carbonyl (C=O) groups is 1. The van der Waals surface area contributed by atoms with Crippen LogP contribution < -0.4 is 0 Å². The number of rotatable bonds is 2. The molecule has 0 bridgehead atoms. The van der Waals surface area contributed by atoms with Crippen molar-refractivity contribution in [2.45, 2.75) is 59.3 Å². The highest BCUT2D eigenvalue weighted by atomic mass is 16.3. The molecule has 0 aliphatic heterocycles. The Kier molecular flexibility index (Phi) is 4.03. The Morgan fingerprint density at radius 3 is 2.60 bits per heavy atom. The summed E-state index contributed by atoms with van der Waals surface area (Å²) in [5.41, 5.74) is 0.788. The molecule has 25 heavy (non-hydrogen) atoms. The quantitative estimate of drug-likeness (QED) is 0.736. The van der Waals surface area contributed by atoms with Gasteiger partial charge < -0.3 is 10.5 Å². The molecule has 0 radical (unpaired) electrons. The standard InChI is InChI=1S/C22H33NO2/c1-13(12-24)15-6-7-16-14-4-5-18-20(23)19(25)9-11-22(18,3)17(14)8-10-21(15,16)2/h4-5,13-18,23-24H,6-12H2,1-3H3/t13-,14+,15-,16+,17+,18?,21-,22-/m1/s1. The van der Waals surface area contributed by atoms with Crippen LogP contribution in [0.1, 0.15) is 59.3 Å². The number of hydrogen-bond acceptors (Lipinski definition) is 3. The van der Waals surface area contributed by atoms with E-state index in [1.165, 1.54) is 25.7 Å². The minimum atomic E-state index is 0.0351. The highest BCUT2D eigenvalue weighted by molar-refractivity contribution is 6.40. The molecule has 4 aliphatic carbocycles. The van der Waals surface area contributed by atoms with E-state index in [4.69, 9.17) is 5.41 Å². The van der Waals surface area contributed by atoms with Gasteiger partial charge in [-0.05, 0) is 72.5 Å². The summed E-state index contributed by atoms with van der Waals surface area (Å²) in [5, 5.41) is 18.0. The summed E-state index contributed by atoms with van der Waals surface area (Å²) in [6, 6.07) is 0. The normalized spacial score (nSPS) is 50.2. The Hall–Kier alpha value is -0.960. The second kappa shape index (κ2) is 5.77. The van der Waals surface area contributed by atoms with E-state index in [0.29, 0.717) is 53.7 Å². The van der Waals surface area contributed by atoms with Crippen LogP contribution in [0.3, 0.4) is 0 Å². The molecule has 0 spiro atoms. The first-order chi connectivity index (χ1) is 11.8. The number of aliphatic hydroxyl groups is 1. The third kappa shape index (κ3) is 2.27. The van der Waals surface area contributed by atoms with E-state index in [2.05, 4.69) is 32.9 Å². The monoisotopic (exact) mass is 343 g/mol. The molecule has 4 aliphatic rings. The van der Waals surface area contributed by atoms with Crippen molar-refractivity contribution in [1.29, 1.82) is 5.41 Å². The first kappa shape index (κ1) is 17.5. The van der Waals surface area contributed by atoms with E-state index in [0.717, 1.165) is 6.42 Å². The Labute approximate surface area is 151 Å². The number of fused-ring (bicyclic) bond motifs is 5. The minimum Gasteiger partial charge on any atom is -0.396 e. The summed E-state index contributed by atoms with van der Waals surface area (Å²) in [6.07, 6.45) is 11.1. The van der Waals surface area contributed by atoms with Crippen molar-refractivity contribution in [3.63, 3.8) is 0 Å². The van der Waals surface area contributed by atoms with Gasteiger partial charge in [-0.1, -0.05) is 32.9 Å². The van der Waals surface area contributed by atoms with Gasteiger partial charge in [-0.25, -0.2) is 0 Å². The second-order valence-electron chi connectivity index (χ2n) is 9.88. The lowest BCUT2D eigenvalue weighted by Crippen LogP contribution is -2.54. The predicted molar refractivity (Wildman–Crippen MR) is 99.5 cm³/mol. The second-order valence-corrected chi connectivity index (χ2v) is 9.88. The molecule has 138 valence electrons. The molecular weight excluding hydrogens is 310 g/mol. The highest BCUT2D eigenvalue weighted by Crippen LogP contribution is 2.66. The van der Waals surface area contributed by atoms with Crippen molar-refractivity contribution in [3.8, 4) is 0 Å². The number of hydrogen-bond donors (Lipinski definition) is 2. The lowest BCUT2D eigenvalue weighted by Gasteiger charge is -2.58. The molecule has 3 fully saturated rings. The first-order valence-corrected chi connectivity index (χ1v) is 10.2. The summed E-state index contributed by atoms with van der Waals surface area (Å²) in [7, 11) is 0. The zero-order valence-electron chi connectivity index (χ0n) is 15.9. The zero-order chi connectivity index (χ0) is 18.0. The van der Waals surface area contributed by atoms with Crippen molar-refractivity contribution >= 4 is 11.5 Å². The molecule has 4 rings (SSSR count). The number of Topliss-reactive ketones (excluding diaryl/α,β-unsaturated/α-hetero) is 1. The van der Waals surface area contributed by atoms with Gasteiger partial charge in [0.05, 0.1) is 5.71 Å². The fourth-order valence-corrected chi connectivity index (χ4v) is 7.48. The van der Waals surface area contributed by atoms with E-state index >= 15 is 0 Å². The molecule has 0 saturated heterocycles. The molecule has 2 N–H and O–H groups in total. The smallest absolute Gasteiger partial charge is 0.176 e. The van der Waals surface area contributed by atoms with E-state index in [9.17, 15) is 9.90 Å². The predicted octanol–water partition coefficient (Wildman–Crippen LogP) is 4.25. The van der Waals surface area contributed by atoms with Crippen LogP contribution in [0.2, 0.25) is 0 Å². The average Bonchev–Trinajstić information content (AvgIpc) is 2.95. The summed E-state index contributed by atoms with van der Waals surface area (Å²) in [6.45, 7) is 7.35. The number of ketones is 1. The molecule has 8 atom stereocenters. The molecular formula is C22H33NO2. The maximum Gasteiger partial charge on any atom is 0.176 e. The fraction of sp³-hybridized carbons (Fsp3) is 0.818. The van der Waals surface area contributed by atoms with E-state index in [1.807, 2.05) is 0 Å². The molecule has 0 aromatic carbocycles. The third-order valence-corrected chi connectivity index (χ3v) is 8.97.